The van der Waals surface area contributed by atoms with Gasteiger partial charge < -0.3 is 4.74 Å². The van der Waals surface area contributed by atoms with Crippen molar-refractivity contribution in [1.82, 2.24) is 14.9 Å². The van der Waals surface area contributed by atoms with Crippen molar-refractivity contribution in [2.45, 2.75) is 24.3 Å². The van der Waals surface area contributed by atoms with Gasteiger partial charge in [0.25, 0.3) is 0 Å². The minimum Gasteiger partial charge on any atom is -0.379 e. The summed E-state index contributed by atoms with van der Waals surface area (Å²) in [6, 6.07) is 0. The first-order valence-corrected chi connectivity index (χ1v) is 9.40. The van der Waals surface area contributed by atoms with Crippen LogP contribution in [0, 0.1) is 0 Å². The Balaban J connectivity index is 1.48. The predicted octanol–water partition coefficient (Wildman–Crippen LogP) is 2.60. The summed E-state index contributed by atoms with van der Waals surface area (Å²) in [4.78, 5) is 14.2. The van der Waals surface area contributed by atoms with Crippen molar-refractivity contribution in [1.29, 1.82) is 0 Å². The van der Waals surface area contributed by atoms with Gasteiger partial charge in [-0.3, -0.25) is 4.90 Å². The van der Waals surface area contributed by atoms with Gasteiger partial charge in [0.2, 0.25) is 0 Å². The largest absolute Gasteiger partial charge is 0.379 e. The van der Waals surface area contributed by atoms with E-state index in [0.29, 0.717) is 0 Å². The minimum absolute atomic E-state index is 0.875. The van der Waals surface area contributed by atoms with Crippen molar-refractivity contribution in [2.75, 3.05) is 38.6 Å². The third kappa shape index (κ3) is 2.82. The lowest BCUT2D eigenvalue weighted by Crippen LogP contribution is -2.37. The number of aromatic nitrogens is 2. The average molecular weight is 321 g/mol. The molecule has 0 bridgehead atoms. The summed E-state index contributed by atoms with van der Waals surface area (Å²) < 4.78 is 5.39. The molecule has 0 saturated carbocycles. The Morgan fingerprint density at radius 3 is 3.05 bits per heavy atom. The van der Waals surface area contributed by atoms with E-state index in [1.807, 2.05) is 23.1 Å². The Morgan fingerprint density at radius 1 is 1.24 bits per heavy atom. The zero-order valence-electron chi connectivity index (χ0n) is 12.0. The fourth-order valence-electron chi connectivity index (χ4n) is 3.11. The van der Waals surface area contributed by atoms with Crippen molar-refractivity contribution < 1.29 is 4.74 Å². The first-order valence-electron chi connectivity index (χ1n) is 7.60. The summed E-state index contributed by atoms with van der Waals surface area (Å²) in [6.07, 6.45) is 5.46. The van der Waals surface area contributed by atoms with Crippen molar-refractivity contribution >= 4 is 33.3 Å². The van der Waals surface area contributed by atoms with Crippen LogP contribution in [-0.4, -0.2) is 53.5 Å². The van der Waals surface area contributed by atoms with Crippen LogP contribution in [0.3, 0.4) is 0 Å². The molecule has 2 aliphatic rings. The van der Waals surface area contributed by atoms with Crippen molar-refractivity contribution in [2.24, 2.45) is 0 Å². The molecule has 112 valence electrons. The van der Waals surface area contributed by atoms with E-state index in [4.69, 9.17) is 4.74 Å². The topological polar surface area (TPSA) is 38.2 Å². The number of nitrogens with zero attached hydrogens (tertiary/aromatic N) is 3. The first-order chi connectivity index (χ1) is 10.4. The molecule has 2 aromatic rings. The molecule has 6 heteroatoms. The van der Waals surface area contributed by atoms with Crippen LogP contribution in [0.4, 0.5) is 0 Å². The molecule has 0 spiro atoms. The Bertz CT molecular complexity index is 637. The van der Waals surface area contributed by atoms with E-state index in [-0.39, 0.29) is 0 Å². The SMILES string of the molecule is c1nc(SCCN2CCOCC2)c2c3c(sc2n1)CCC3. The molecule has 3 heterocycles. The summed E-state index contributed by atoms with van der Waals surface area (Å²) in [5, 5.41) is 2.54. The normalized spacial score (nSPS) is 19.2. The van der Waals surface area contributed by atoms with Gasteiger partial charge in [0.1, 0.15) is 16.2 Å². The highest BCUT2D eigenvalue weighted by atomic mass is 32.2. The summed E-state index contributed by atoms with van der Waals surface area (Å²) in [5.41, 5.74) is 1.53. The third-order valence-corrected chi connectivity index (χ3v) is 6.39. The summed E-state index contributed by atoms with van der Waals surface area (Å²) in [5.74, 6) is 1.09. The van der Waals surface area contributed by atoms with Crippen molar-refractivity contribution in [3.05, 3.63) is 16.8 Å². The molecule has 0 unspecified atom stereocenters. The van der Waals surface area contributed by atoms with Gasteiger partial charge in [0.15, 0.2) is 0 Å². The predicted molar refractivity (Wildman–Crippen MR) is 87.4 cm³/mol. The highest BCUT2D eigenvalue weighted by Gasteiger charge is 2.21. The van der Waals surface area contributed by atoms with Crippen molar-refractivity contribution in [3.8, 4) is 0 Å². The smallest absolute Gasteiger partial charge is 0.128 e. The monoisotopic (exact) mass is 321 g/mol. The second-order valence-corrected chi connectivity index (χ2v) is 7.69. The van der Waals surface area contributed by atoms with Crippen LogP contribution < -0.4 is 0 Å². The average Bonchev–Trinajstić information content (AvgIpc) is 3.09. The van der Waals surface area contributed by atoms with Crippen LogP contribution in [0.25, 0.3) is 10.2 Å². The summed E-state index contributed by atoms with van der Waals surface area (Å²) in [7, 11) is 0. The Labute approximate surface area is 132 Å². The molecule has 0 aromatic carbocycles. The highest BCUT2D eigenvalue weighted by molar-refractivity contribution is 7.99. The van der Waals surface area contributed by atoms with E-state index in [9.17, 15) is 0 Å². The standard InChI is InChI=1S/C15H19N3OS2/c1-2-11-12(3-1)21-15-13(11)14(16-10-17-15)20-9-6-18-4-7-19-8-5-18/h10H,1-9H2. The maximum Gasteiger partial charge on any atom is 0.128 e. The van der Waals surface area contributed by atoms with Gasteiger partial charge in [0, 0.05) is 35.7 Å². The van der Waals surface area contributed by atoms with Gasteiger partial charge in [-0.15, -0.1) is 23.1 Å². The summed E-state index contributed by atoms with van der Waals surface area (Å²) in [6.45, 7) is 4.99. The summed E-state index contributed by atoms with van der Waals surface area (Å²) >= 11 is 3.76. The molecule has 21 heavy (non-hydrogen) atoms. The van der Waals surface area contributed by atoms with Gasteiger partial charge in [0.05, 0.1) is 13.2 Å². The molecular formula is C15H19N3OS2. The van der Waals surface area contributed by atoms with Crippen LogP contribution >= 0.6 is 23.1 Å². The number of hydrogen-bond acceptors (Lipinski definition) is 6. The molecule has 0 radical (unpaired) electrons. The van der Waals surface area contributed by atoms with E-state index >= 15 is 0 Å². The van der Waals surface area contributed by atoms with E-state index in [0.717, 1.165) is 38.6 Å². The van der Waals surface area contributed by atoms with Gasteiger partial charge in [-0.25, -0.2) is 9.97 Å². The lowest BCUT2D eigenvalue weighted by molar-refractivity contribution is 0.0410. The fraction of sp³-hybridized carbons (Fsp3) is 0.600. The van der Waals surface area contributed by atoms with E-state index in [1.165, 1.54) is 40.1 Å². The Kier molecular flexibility index (Phi) is 4.12. The van der Waals surface area contributed by atoms with Crippen LogP contribution in [0.2, 0.25) is 0 Å². The molecule has 1 saturated heterocycles. The number of morpholine rings is 1. The van der Waals surface area contributed by atoms with Crippen LogP contribution in [0.5, 0.6) is 0 Å². The zero-order valence-corrected chi connectivity index (χ0v) is 13.6. The van der Waals surface area contributed by atoms with Crippen LogP contribution in [-0.2, 0) is 17.6 Å². The van der Waals surface area contributed by atoms with Gasteiger partial charge in [-0.2, -0.15) is 0 Å². The highest BCUT2D eigenvalue weighted by Crippen LogP contribution is 2.39. The van der Waals surface area contributed by atoms with Crippen LogP contribution in [0.1, 0.15) is 16.9 Å². The minimum atomic E-state index is 0.875. The molecule has 0 amide bonds. The molecule has 1 aliphatic heterocycles. The number of hydrogen-bond donors (Lipinski definition) is 0. The van der Waals surface area contributed by atoms with E-state index in [1.54, 1.807) is 11.2 Å². The molecule has 1 fully saturated rings. The van der Waals surface area contributed by atoms with E-state index in [2.05, 4.69) is 14.9 Å². The number of aryl methyl sites for hydroxylation is 2. The van der Waals surface area contributed by atoms with Crippen molar-refractivity contribution in [3.63, 3.8) is 0 Å². The zero-order chi connectivity index (χ0) is 14.1. The van der Waals surface area contributed by atoms with Crippen LogP contribution in [0.15, 0.2) is 11.4 Å². The van der Waals surface area contributed by atoms with Gasteiger partial charge in [-0.05, 0) is 24.8 Å². The van der Waals surface area contributed by atoms with Gasteiger partial charge in [-0.1, -0.05) is 0 Å². The number of thioether (sulfide) groups is 1. The maximum absolute atomic E-state index is 5.39. The molecule has 2 aromatic heterocycles. The molecular weight excluding hydrogens is 302 g/mol. The lowest BCUT2D eigenvalue weighted by Gasteiger charge is -2.26. The first kappa shape index (κ1) is 13.9. The third-order valence-electron chi connectivity index (χ3n) is 4.22. The number of thiophene rings is 1. The number of rotatable bonds is 4. The molecule has 0 N–H and O–H groups in total. The maximum atomic E-state index is 5.39. The molecule has 1 aliphatic carbocycles. The quantitative estimate of drug-likeness (QED) is 0.639. The number of ether oxygens (including phenoxy) is 1. The van der Waals surface area contributed by atoms with Gasteiger partial charge >= 0.3 is 0 Å². The molecule has 4 rings (SSSR count). The molecule has 0 atom stereocenters. The Morgan fingerprint density at radius 2 is 2.14 bits per heavy atom. The lowest BCUT2D eigenvalue weighted by atomic mass is 10.2. The second-order valence-electron chi connectivity index (χ2n) is 5.52. The second kappa shape index (κ2) is 6.20. The number of fused-ring (bicyclic) bond motifs is 3. The fourth-order valence-corrected chi connectivity index (χ4v) is 5.43. The van der Waals surface area contributed by atoms with E-state index < -0.39 is 0 Å². The molecule has 4 nitrogen and oxygen atoms in total. The Hall–Kier alpha value is -0.690.